The summed E-state index contributed by atoms with van der Waals surface area (Å²) in [7, 11) is 0. The van der Waals surface area contributed by atoms with E-state index in [1.54, 1.807) is 0 Å². The number of aryl methyl sites for hydroxylation is 1. The Morgan fingerprint density at radius 2 is 2.10 bits per heavy atom. The van der Waals surface area contributed by atoms with Crippen molar-refractivity contribution in [1.82, 2.24) is 15.2 Å². The van der Waals surface area contributed by atoms with Gasteiger partial charge in [0, 0.05) is 41.3 Å². The summed E-state index contributed by atoms with van der Waals surface area (Å²) < 4.78 is 0. The molecule has 1 amide bonds. The number of rotatable bonds is 7. The minimum Gasteiger partial charge on any atom is -0.361 e. The van der Waals surface area contributed by atoms with Gasteiger partial charge < -0.3 is 15.2 Å². The number of fused-ring (bicyclic) bond motifs is 2. The van der Waals surface area contributed by atoms with Crippen molar-refractivity contribution < 1.29 is 4.79 Å². The fourth-order valence-electron chi connectivity index (χ4n) is 4.27. The van der Waals surface area contributed by atoms with E-state index in [9.17, 15) is 4.79 Å². The summed E-state index contributed by atoms with van der Waals surface area (Å²) in [6.07, 6.45) is 4.20. The second kappa shape index (κ2) is 8.23. The molecule has 0 fully saturated rings. The fraction of sp³-hybridized carbons (Fsp3) is 0.269. The lowest BCUT2D eigenvalue weighted by Crippen LogP contribution is -2.27. The predicted molar refractivity (Wildman–Crippen MR) is 124 cm³/mol. The molecule has 0 saturated heterocycles. The summed E-state index contributed by atoms with van der Waals surface area (Å²) in [5.41, 5.74) is 7.35. The molecule has 4 rings (SSSR count). The number of aromatic amines is 1. The van der Waals surface area contributed by atoms with E-state index in [-0.39, 0.29) is 5.91 Å². The summed E-state index contributed by atoms with van der Waals surface area (Å²) >= 11 is 0. The SMILES string of the molecule is C=CC(CCC)N1Cc2cc(CNC(=O)c3cc4cc(C)ccc4[nH]3)ccc2C1=C. The molecule has 2 aromatic carbocycles. The van der Waals surface area contributed by atoms with Crippen molar-refractivity contribution in [2.45, 2.75) is 45.8 Å². The second-order valence-corrected chi connectivity index (χ2v) is 8.11. The summed E-state index contributed by atoms with van der Waals surface area (Å²) in [6.45, 7) is 13.9. The number of hydrogen-bond acceptors (Lipinski definition) is 2. The highest BCUT2D eigenvalue weighted by Gasteiger charge is 2.26. The Labute approximate surface area is 178 Å². The van der Waals surface area contributed by atoms with Crippen LogP contribution in [0.25, 0.3) is 16.6 Å². The van der Waals surface area contributed by atoms with Gasteiger partial charge in [0.15, 0.2) is 0 Å². The molecule has 1 unspecified atom stereocenters. The number of H-pyrrole nitrogens is 1. The van der Waals surface area contributed by atoms with Gasteiger partial charge in [-0.15, -0.1) is 6.58 Å². The van der Waals surface area contributed by atoms with E-state index < -0.39 is 0 Å². The van der Waals surface area contributed by atoms with Crippen molar-refractivity contribution >= 4 is 22.5 Å². The van der Waals surface area contributed by atoms with Crippen LogP contribution in [-0.2, 0) is 13.1 Å². The molecule has 30 heavy (non-hydrogen) atoms. The van der Waals surface area contributed by atoms with E-state index in [1.807, 2.05) is 24.3 Å². The average Bonchev–Trinajstić information content (AvgIpc) is 3.31. The van der Waals surface area contributed by atoms with E-state index in [0.717, 1.165) is 41.5 Å². The highest BCUT2D eigenvalue weighted by atomic mass is 16.1. The van der Waals surface area contributed by atoms with E-state index in [1.165, 1.54) is 16.7 Å². The van der Waals surface area contributed by atoms with Gasteiger partial charge in [0.25, 0.3) is 5.91 Å². The van der Waals surface area contributed by atoms with E-state index in [4.69, 9.17) is 0 Å². The molecule has 4 nitrogen and oxygen atoms in total. The number of aromatic nitrogens is 1. The van der Waals surface area contributed by atoms with Crippen molar-refractivity contribution in [2.75, 3.05) is 0 Å². The summed E-state index contributed by atoms with van der Waals surface area (Å²) in [4.78, 5) is 18.2. The molecule has 0 spiro atoms. The molecule has 0 saturated carbocycles. The van der Waals surface area contributed by atoms with Crippen molar-refractivity contribution in [1.29, 1.82) is 0 Å². The van der Waals surface area contributed by atoms with Gasteiger partial charge in [-0.25, -0.2) is 0 Å². The monoisotopic (exact) mass is 399 g/mol. The lowest BCUT2D eigenvalue weighted by Gasteiger charge is -2.27. The van der Waals surface area contributed by atoms with Gasteiger partial charge in [0.05, 0.1) is 0 Å². The van der Waals surface area contributed by atoms with Crippen LogP contribution in [0.1, 0.15) is 52.5 Å². The minimum atomic E-state index is -0.0925. The Hall–Kier alpha value is -3.27. The Morgan fingerprint density at radius 1 is 1.27 bits per heavy atom. The first-order valence-corrected chi connectivity index (χ1v) is 10.6. The van der Waals surface area contributed by atoms with Crippen LogP contribution >= 0.6 is 0 Å². The zero-order chi connectivity index (χ0) is 21.3. The lowest BCUT2D eigenvalue weighted by atomic mass is 10.1. The van der Waals surface area contributed by atoms with Crippen LogP contribution in [0.3, 0.4) is 0 Å². The van der Waals surface area contributed by atoms with Gasteiger partial charge in [-0.1, -0.05) is 55.8 Å². The highest BCUT2D eigenvalue weighted by Crippen LogP contribution is 2.35. The number of carbonyl (C=O) groups excluding carboxylic acids is 1. The molecule has 154 valence electrons. The quantitative estimate of drug-likeness (QED) is 0.512. The maximum Gasteiger partial charge on any atom is 0.267 e. The van der Waals surface area contributed by atoms with Crippen LogP contribution in [-0.4, -0.2) is 21.8 Å². The number of nitrogens with one attached hydrogen (secondary N) is 2. The number of hydrogen-bond donors (Lipinski definition) is 2. The molecule has 3 aromatic rings. The standard InChI is InChI=1S/C26H29N3O/c1-5-7-22(6-2)29-16-21-13-19(9-10-23(21)18(29)4)15-27-26(30)25-14-20-12-17(3)8-11-24(20)28-25/h6,8-14,22,28H,2,4-5,7,15-16H2,1,3H3,(H,27,30). The lowest BCUT2D eigenvalue weighted by molar-refractivity contribution is 0.0946. The van der Waals surface area contributed by atoms with Gasteiger partial charge in [-0.05, 0) is 42.7 Å². The minimum absolute atomic E-state index is 0.0925. The molecule has 0 aliphatic carbocycles. The Kier molecular flexibility index (Phi) is 5.49. The first kappa shape index (κ1) is 20.0. The zero-order valence-corrected chi connectivity index (χ0v) is 17.8. The summed E-state index contributed by atoms with van der Waals surface area (Å²) in [6, 6.07) is 14.7. The molecular formula is C26H29N3O. The van der Waals surface area contributed by atoms with E-state index in [2.05, 4.69) is 66.5 Å². The second-order valence-electron chi connectivity index (χ2n) is 8.11. The van der Waals surface area contributed by atoms with Crippen molar-refractivity contribution in [2.24, 2.45) is 0 Å². The number of benzene rings is 2. The molecule has 1 aliphatic heterocycles. The Morgan fingerprint density at radius 3 is 2.87 bits per heavy atom. The molecule has 4 heteroatoms. The van der Waals surface area contributed by atoms with Crippen LogP contribution < -0.4 is 5.32 Å². The first-order valence-electron chi connectivity index (χ1n) is 10.6. The molecule has 1 atom stereocenters. The topological polar surface area (TPSA) is 48.1 Å². The van der Waals surface area contributed by atoms with Gasteiger partial charge in [-0.2, -0.15) is 0 Å². The molecule has 1 aromatic heterocycles. The normalized spacial score (nSPS) is 14.1. The molecule has 2 heterocycles. The van der Waals surface area contributed by atoms with E-state index >= 15 is 0 Å². The third-order valence-corrected chi connectivity index (χ3v) is 5.90. The maximum atomic E-state index is 12.6. The Balaban J connectivity index is 1.45. The van der Waals surface area contributed by atoms with Crippen molar-refractivity contribution in [3.63, 3.8) is 0 Å². The van der Waals surface area contributed by atoms with Gasteiger partial charge in [0.1, 0.15) is 5.69 Å². The molecule has 1 aliphatic rings. The Bertz CT molecular complexity index is 1120. The highest BCUT2D eigenvalue weighted by molar-refractivity contribution is 5.98. The summed E-state index contributed by atoms with van der Waals surface area (Å²) in [5, 5.41) is 4.09. The van der Waals surface area contributed by atoms with Crippen LogP contribution in [0.15, 0.2) is 61.7 Å². The number of nitrogens with zero attached hydrogens (tertiary/aromatic N) is 1. The smallest absolute Gasteiger partial charge is 0.267 e. The predicted octanol–water partition coefficient (Wildman–Crippen LogP) is 5.55. The molecule has 2 N–H and O–H groups in total. The van der Waals surface area contributed by atoms with Crippen LogP contribution in [0.4, 0.5) is 0 Å². The van der Waals surface area contributed by atoms with Crippen LogP contribution in [0.2, 0.25) is 0 Å². The van der Waals surface area contributed by atoms with Gasteiger partial charge in [0.2, 0.25) is 0 Å². The van der Waals surface area contributed by atoms with E-state index in [0.29, 0.717) is 18.3 Å². The fourth-order valence-corrected chi connectivity index (χ4v) is 4.27. The number of amides is 1. The molecule has 0 bridgehead atoms. The van der Waals surface area contributed by atoms with Crippen molar-refractivity contribution in [3.8, 4) is 0 Å². The average molecular weight is 400 g/mol. The van der Waals surface area contributed by atoms with Crippen LogP contribution in [0, 0.1) is 6.92 Å². The molecule has 0 radical (unpaired) electrons. The van der Waals surface area contributed by atoms with Gasteiger partial charge in [-0.3, -0.25) is 4.79 Å². The van der Waals surface area contributed by atoms with Crippen LogP contribution in [0.5, 0.6) is 0 Å². The molecular weight excluding hydrogens is 370 g/mol. The zero-order valence-electron chi connectivity index (χ0n) is 17.8. The number of carbonyl (C=O) groups is 1. The third kappa shape index (κ3) is 3.78. The van der Waals surface area contributed by atoms with Gasteiger partial charge >= 0.3 is 0 Å². The summed E-state index contributed by atoms with van der Waals surface area (Å²) in [5.74, 6) is -0.0925. The first-order chi connectivity index (χ1) is 14.5. The van der Waals surface area contributed by atoms with Crippen molar-refractivity contribution in [3.05, 3.63) is 89.6 Å². The largest absolute Gasteiger partial charge is 0.361 e. The third-order valence-electron chi connectivity index (χ3n) is 5.90. The maximum absolute atomic E-state index is 12.6.